The molecule has 0 atom stereocenters. The molecule has 0 radical (unpaired) electrons. The molecule has 0 unspecified atom stereocenters. The molecule has 9 heteroatoms. The number of hydrogen-bond donors (Lipinski definition) is 1. The van der Waals surface area contributed by atoms with Crippen LogP contribution in [0.2, 0.25) is 0 Å². The fourth-order valence-corrected chi connectivity index (χ4v) is 3.53. The van der Waals surface area contributed by atoms with Crippen molar-refractivity contribution >= 4 is 40.0 Å². The van der Waals surface area contributed by atoms with Crippen LogP contribution in [0.4, 0.5) is 4.39 Å². The molecule has 162 valence electrons. The van der Waals surface area contributed by atoms with Crippen molar-refractivity contribution in [1.82, 2.24) is 15.5 Å². The number of halogens is 2. The Labute approximate surface area is 188 Å². The summed E-state index contributed by atoms with van der Waals surface area (Å²) in [5, 5.41) is 11.6. The Morgan fingerprint density at radius 3 is 2.61 bits per heavy atom. The number of ether oxygens (including phenoxy) is 2. The van der Waals surface area contributed by atoms with Gasteiger partial charge < -0.3 is 14.8 Å². The molecule has 0 saturated heterocycles. The molecule has 3 rings (SSSR count). The number of hydrogen-bond acceptors (Lipinski definition) is 6. The van der Waals surface area contributed by atoms with E-state index in [9.17, 15) is 9.18 Å². The maximum atomic E-state index is 13.0. The van der Waals surface area contributed by atoms with E-state index in [0.717, 1.165) is 28.9 Å². The number of benzene rings is 2. The predicted molar refractivity (Wildman–Crippen MR) is 120 cm³/mol. The van der Waals surface area contributed by atoms with Gasteiger partial charge in [-0.2, -0.15) is 0 Å². The van der Waals surface area contributed by atoms with Crippen LogP contribution in [0.1, 0.15) is 39.3 Å². The van der Waals surface area contributed by atoms with Gasteiger partial charge in [0.1, 0.15) is 5.82 Å². The molecule has 0 bridgehead atoms. The van der Waals surface area contributed by atoms with Crippen molar-refractivity contribution in [2.75, 3.05) is 13.7 Å². The number of methoxy groups -OCH3 is 1. The highest BCUT2D eigenvalue weighted by Gasteiger charge is 2.15. The Bertz CT molecular complexity index is 1070. The first-order valence-corrected chi connectivity index (χ1v) is 10.7. The van der Waals surface area contributed by atoms with Gasteiger partial charge in [0.25, 0.3) is 5.91 Å². The van der Waals surface area contributed by atoms with E-state index in [1.54, 1.807) is 31.4 Å². The SMILES string of the molecule is CCCOc1cc(/C=C(\Cl)c2nnc(C(=O)NCc3ccc(F)cc3)s2)ccc1OC. The van der Waals surface area contributed by atoms with Crippen molar-refractivity contribution in [3.05, 3.63) is 69.4 Å². The molecule has 31 heavy (non-hydrogen) atoms. The van der Waals surface area contributed by atoms with Gasteiger partial charge in [-0.05, 0) is 47.9 Å². The number of rotatable bonds is 9. The van der Waals surface area contributed by atoms with Gasteiger partial charge >= 0.3 is 0 Å². The third-order valence-electron chi connectivity index (χ3n) is 4.13. The third-order valence-corrected chi connectivity index (χ3v) is 5.49. The van der Waals surface area contributed by atoms with E-state index in [-0.39, 0.29) is 23.3 Å². The summed E-state index contributed by atoms with van der Waals surface area (Å²) < 4.78 is 24.0. The molecule has 0 fully saturated rings. The van der Waals surface area contributed by atoms with Gasteiger partial charge in [0.15, 0.2) is 16.5 Å². The fraction of sp³-hybridized carbons (Fsp3) is 0.227. The van der Waals surface area contributed by atoms with Crippen molar-refractivity contribution < 1.29 is 18.7 Å². The minimum absolute atomic E-state index is 0.186. The third kappa shape index (κ3) is 6.26. The molecular weight excluding hydrogens is 441 g/mol. The highest BCUT2D eigenvalue weighted by molar-refractivity contribution is 7.15. The van der Waals surface area contributed by atoms with E-state index in [1.807, 2.05) is 19.1 Å². The van der Waals surface area contributed by atoms with Gasteiger partial charge in [-0.25, -0.2) is 4.39 Å². The molecule has 1 amide bonds. The highest BCUT2D eigenvalue weighted by atomic mass is 35.5. The average molecular weight is 462 g/mol. The molecule has 1 N–H and O–H groups in total. The van der Waals surface area contributed by atoms with Crippen LogP contribution in [0.15, 0.2) is 42.5 Å². The van der Waals surface area contributed by atoms with Crippen LogP contribution in [-0.2, 0) is 6.54 Å². The van der Waals surface area contributed by atoms with Crippen molar-refractivity contribution in [3.8, 4) is 11.5 Å². The van der Waals surface area contributed by atoms with Gasteiger partial charge in [-0.1, -0.05) is 48.1 Å². The zero-order valence-electron chi connectivity index (χ0n) is 17.0. The molecule has 6 nitrogen and oxygen atoms in total. The van der Waals surface area contributed by atoms with Crippen LogP contribution in [0.25, 0.3) is 11.1 Å². The molecule has 3 aromatic rings. The Balaban J connectivity index is 1.68. The van der Waals surface area contributed by atoms with Gasteiger partial charge in [0.2, 0.25) is 5.01 Å². The van der Waals surface area contributed by atoms with Crippen molar-refractivity contribution in [2.45, 2.75) is 19.9 Å². The second-order valence-electron chi connectivity index (χ2n) is 6.47. The molecule has 2 aromatic carbocycles. The number of carbonyl (C=O) groups excluding carboxylic acids is 1. The molecule has 1 aromatic heterocycles. The van der Waals surface area contributed by atoms with E-state index in [2.05, 4.69) is 15.5 Å². The first kappa shape index (κ1) is 22.7. The fourth-order valence-electron chi connectivity index (χ4n) is 2.59. The van der Waals surface area contributed by atoms with Crippen LogP contribution >= 0.6 is 22.9 Å². The van der Waals surface area contributed by atoms with Crippen molar-refractivity contribution in [1.29, 1.82) is 0 Å². The summed E-state index contributed by atoms with van der Waals surface area (Å²) in [5.41, 5.74) is 1.58. The molecule has 0 aliphatic carbocycles. The van der Waals surface area contributed by atoms with Gasteiger partial charge in [0, 0.05) is 6.54 Å². The maximum absolute atomic E-state index is 13.0. The summed E-state index contributed by atoms with van der Waals surface area (Å²) in [6.07, 6.45) is 2.60. The molecular formula is C22H21ClFN3O3S. The van der Waals surface area contributed by atoms with Gasteiger partial charge in [-0.3, -0.25) is 4.79 Å². The molecule has 1 heterocycles. The second kappa shape index (κ2) is 10.9. The summed E-state index contributed by atoms with van der Waals surface area (Å²) in [6, 6.07) is 11.4. The molecule has 0 aliphatic heterocycles. The molecule has 0 spiro atoms. The van der Waals surface area contributed by atoms with Crippen LogP contribution < -0.4 is 14.8 Å². The zero-order valence-corrected chi connectivity index (χ0v) is 18.6. The monoisotopic (exact) mass is 461 g/mol. The normalized spacial score (nSPS) is 11.3. The summed E-state index contributed by atoms with van der Waals surface area (Å²) >= 11 is 7.49. The second-order valence-corrected chi connectivity index (χ2v) is 7.86. The Morgan fingerprint density at radius 2 is 1.90 bits per heavy atom. The summed E-state index contributed by atoms with van der Waals surface area (Å²) in [7, 11) is 1.58. The highest BCUT2D eigenvalue weighted by Crippen LogP contribution is 2.31. The zero-order chi connectivity index (χ0) is 22.2. The van der Waals surface area contributed by atoms with Gasteiger partial charge in [-0.15, -0.1) is 10.2 Å². The number of carbonyl (C=O) groups is 1. The number of amides is 1. The van der Waals surface area contributed by atoms with Gasteiger partial charge in [0.05, 0.1) is 18.7 Å². The minimum atomic E-state index is -0.378. The van der Waals surface area contributed by atoms with E-state index in [1.165, 1.54) is 12.1 Å². The Morgan fingerprint density at radius 1 is 1.16 bits per heavy atom. The lowest BCUT2D eigenvalue weighted by Crippen LogP contribution is -2.22. The quantitative estimate of drug-likeness (QED) is 0.477. The minimum Gasteiger partial charge on any atom is -0.493 e. The lowest BCUT2D eigenvalue weighted by Gasteiger charge is -2.10. The van der Waals surface area contributed by atoms with Crippen LogP contribution in [0.3, 0.4) is 0 Å². The number of nitrogens with one attached hydrogen (secondary N) is 1. The lowest BCUT2D eigenvalue weighted by molar-refractivity contribution is 0.0950. The van der Waals surface area contributed by atoms with E-state index in [4.69, 9.17) is 21.1 Å². The predicted octanol–water partition coefficient (Wildman–Crippen LogP) is 5.14. The number of aromatic nitrogens is 2. The number of nitrogens with zero attached hydrogens (tertiary/aromatic N) is 2. The first-order chi connectivity index (χ1) is 15.0. The molecule has 0 aliphatic rings. The van der Waals surface area contributed by atoms with E-state index < -0.39 is 0 Å². The Hall–Kier alpha value is -2.97. The van der Waals surface area contributed by atoms with Crippen LogP contribution in [-0.4, -0.2) is 29.8 Å². The van der Waals surface area contributed by atoms with Crippen LogP contribution in [0, 0.1) is 5.82 Å². The topological polar surface area (TPSA) is 73.3 Å². The van der Waals surface area contributed by atoms with Crippen molar-refractivity contribution in [3.63, 3.8) is 0 Å². The lowest BCUT2D eigenvalue weighted by atomic mass is 10.2. The summed E-state index contributed by atoms with van der Waals surface area (Å²) in [4.78, 5) is 12.3. The maximum Gasteiger partial charge on any atom is 0.282 e. The average Bonchev–Trinajstić information content (AvgIpc) is 3.28. The summed E-state index contributed by atoms with van der Waals surface area (Å²) in [6.45, 7) is 2.85. The standard InChI is InChI=1S/C22H21ClFN3O3S/c1-3-10-30-19-12-15(6-9-18(19)29-2)11-17(23)21-26-27-22(31-21)20(28)25-13-14-4-7-16(24)8-5-14/h4-9,11-12H,3,10,13H2,1-2H3,(H,25,28)/b17-11-. The van der Waals surface area contributed by atoms with E-state index in [0.29, 0.717) is 28.1 Å². The Kier molecular flexibility index (Phi) is 7.97. The van der Waals surface area contributed by atoms with E-state index >= 15 is 0 Å². The summed E-state index contributed by atoms with van der Waals surface area (Å²) in [5.74, 6) is 0.557. The smallest absolute Gasteiger partial charge is 0.282 e. The first-order valence-electron chi connectivity index (χ1n) is 9.54. The van der Waals surface area contributed by atoms with Crippen LogP contribution in [0.5, 0.6) is 11.5 Å². The molecule has 0 saturated carbocycles. The van der Waals surface area contributed by atoms with Crippen molar-refractivity contribution in [2.24, 2.45) is 0 Å². The largest absolute Gasteiger partial charge is 0.493 e.